The second kappa shape index (κ2) is 6.75. The molecule has 0 amide bonds. The molecule has 0 aromatic carbocycles. The van der Waals surface area contributed by atoms with E-state index in [4.69, 9.17) is 4.74 Å². The van der Waals surface area contributed by atoms with Crippen molar-refractivity contribution in [2.75, 3.05) is 6.61 Å². The third kappa shape index (κ3) is 3.21. The smallest absolute Gasteiger partial charge is 0.337 e. The van der Waals surface area contributed by atoms with Crippen LogP contribution in [0.3, 0.4) is 0 Å². The Balaban J connectivity index is 1.67. The van der Waals surface area contributed by atoms with E-state index >= 15 is 0 Å². The number of ether oxygens (including phenoxy) is 1. The predicted molar refractivity (Wildman–Crippen MR) is 98.7 cm³/mol. The van der Waals surface area contributed by atoms with Gasteiger partial charge in [-0.1, -0.05) is 35.4 Å². The fourth-order valence-electron chi connectivity index (χ4n) is 6.04. The zero-order valence-corrected chi connectivity index (χ0v) is 16.8. The van der Waals surface area contributed by atoms with E-state index in [0.29, 0.717) is 24.4 Å². The molecule has 2 aliphatic carbocycles. The summed E-state index contributed by atoms with van der Waals surface area (Å²) in [7, 11) is 0. The number of hydrogen-bond donors (Lipinski definition) is 1. The Hall–Kier alpha value is -0.350. The third-order valence-electron chi connectivity index (χ3n) is 7.15. The molecule has 3 fully saturated rings. The highest BCUT2D eigenvalue weighted by Crippen LogP contribution is 2.60. The van der Waals surface area contributed by atoms with E-state index < -0.39 is 11.6 Å². The molecule has 3 aliphatic rings. The van der Waals surface area contributed by atoms with Gasteiger partial charge in [-0.15, -0.1) is 0 Å². The molecule has 0 aromatic rings. The first kappa shape index (κ1) is 18.4. The summed E-state index contributed by atoms with van der Waals surface area (Å²) in [6.07, 6.45) is 8.06. The molecule has 3 nitrogen and oxygen atoms in total. The first-order valence-corrected chi connectivity index (χ1v) is 10.4. The molecule has 0 bridgehead atoms. The molecule has 24 heavy (non-hydrogen) atoms. The fourth-order valence-corrected chi connectivity index (χ4v) is 6.59. The lowest BCUT2D eigenvalue weighted by atomic mass is 9.60. The summed E-state index contributed by atoms with van der Waals surface area (Å²) in [4.78, 5) is 13.8. The quantitative estimate of drug-likeness (QED) is 0.692. The van der Waals surface area contributed by atoms with Gasteiger partial charge in [0.1, 0.15) is 0 Å². The Morgan fingerprint density at radius 3 is 2.83 bits per heavy atom. The van der Waals surface area contributed by atoms with E-state index in [1.165, 1.54) is 32.1 Å². The number of rotatable bonds is 3. The topological polar surface area (TPSA) is 46.5 Å². The van der Waals surface area contributed by atoms with Gasteiger partial charge in [-0.05, 0) is 85.9 Å². The summed E-state index contributed by atoms with van der Waals surface area (Å²) in [5.74, 6) is 1.88. The van der Waals surface area contributed by atoms with E-state index in [-0.39, 0.29) is 5.92 Å². The van der Waals surface area contributed by atoms with Crippen LogP contribution in [0, 0.1) is 29.1 Å². The van der Waals surface area contributed by atoms with Crippen LogP contribution < -0.4 is 0 Å². The number of esters is 1. The third-order valence-corrected chi connectivity index (χ3v) is 7.73. The van der Waals surface area contributed by atoms with Gasteiger partial charge in [0, 0.05) is 0 Å². The van der Waals surface area contributed by atoms with Gasteiger partial charge in [0.15, 0.2) is 5.60 Å². The van der Waals surface area contributed by atoms with Crippen molar-refractivity contribution in [2.45, 2.75) is 71.3 Å². The highest BCUT2D eigenvalue weighted by Gasteiger charge is 2.51. The molecular weight excluding hydrogens is 368 g/mol. The second-order valence-corrected chi connectivity index (χ2v) is 9.39. The Bertz CT molecular complexity index is 527. The van der Waals surface area contributed by atoms with Crippen molar-refractivity contribution >= 4 is 21.9 Å². The van der Waals surface area contributed by atoms with Gasteiger partial charge in [-0.3, -0.25) is 0 Å². The van der Waals surface area contributed by atoms with Gasteiger partial charge in [0.05, 0.1) is 6.61 Å². The molecule has 1 aliphatic heterocycles. The number of aliphatic hydroxyl groups is 1. The molecule has 136 valence electrons. The van der Waals surface area contributed by atoms with Gasteiger partial charge in [0.2, 0.25) is 0 Å². The monoisotopic (exact) mass is 398 g/mol. The number of cyclic esters (lactones) is 1. The summed E-state index contributed by atoms with van der Waals surface area (Å²) in [6, 6.07) is 0. The van der Waals surface area contributed by atoms with Crippen LogP contribution in [-0.2, 0) is 9.53 Å². The first-order valence-electron chi connectivity index (χ1n) is 9.46. The van der Waals surface area contributed by atoms with Crippen molar-refractivity contribution in [3.05, 3.63) is 10.6 Å². The maximum absolute atomic E-state index is 11.6. The number of allylic oxidation sites excluding steroid dienone is 1. The van der Waals surface area contributed by atoms with E-state index in [1.54, 1.807) is 12.5 Å². The minimum atomic E-state index is -1.30. The Labute approximate surface area is 154 Å². The van der Waals surface area contributed by atoms with Crippen molar-refractivity contribution in [3.8, 4) is 0 Å². The van der Waals surface area contributed by atoms with E-state index in [9.17, 15) is 9.90 Å². The molecule has 1 N–H and O–H groups in total. The van der Waals surface area contributed by atoms with Crippen molar-refractivity contribution in [1.29, 1.82) is 0 Å². The molecule has 6 atom stereocenters. The van der Waals surface area contributed by atoms with Gasteiger partial charge >= 0.3 is 5.97 Å². The maximum atomic E-state index is 11.6. The maximum Gasteiger partial charge on any atom is 0.337 e. The zero-order valence-electron chi connectivity index (χ0n) is 15.2. The molecule has 0 spiro atoms. The second-order valence-electron chi connectivity index (χ2n) is 8.94. The van der Waals surface area contributed by atoms with Crippen LogP contribution in [0.15, 0.2) is 10.6 Å². The summed E-state index contributed by atoms with van der Waals surface area (Å²) in [5, 5.41) is 10.2. The van der Waals surface area contributed by atoms with Gasteiger partial charge in [-0.2, -0.15) is 0 Å². The standard InChI is InChI=1S/C20H31BrO3/c1-13(9-14-10-20(3,23)18(22)24-12-14)16-6-7-17-15(11-21)5-4-8-19(16,17)2/h11,13-14,16-17,23H,4-10,12H2,1-3H3/b15-11+/t13-,14-,16-,17?,19-,20-/m1/s1. The molecule has 4 heteroatoms. The zero-order chi connectivity index (χ0) is 17.5. The van der Waals surface area contributed by atoms with Crippen molar-refractivity contribution in [1.82, 2.24) is 0 Å². The minimum absolute atomic E-state index is 0.283. The van der Waals surface area contributed by atoms with E-state index in [2.05, 4.69) is 34.8 Å². The summed E-state index contributed by atoms with van der Waals surface area (Å²) in [6.45, 7) is 6.93. The Morgan fingerprint density at radius 2 is 2.17 bits per heavy atom. The Kier molecular flexibility index (Phi) is 5.19. The molecule has 1 heterocycles. The average molecular weight is 399 g/mol. The van der Waals surface area contributed by atoms with Gasteiger partial charge < -0.3 is 9.84 Å². The van der Waals surface area contributed by atoms with Gasteiger partial charge in [0.25, 0.3) is 0 Å². The molecule has 2 saturated carbocycles. The minimum Gasteiger partial charge on any atom is -0.463 e. The Morgan fingerprint density at radius 1 is 1.42 bits per heavy atom. The molecule has 1 saturated heterocycles. The van der Waals surface area contributed by atoms with Crippen molar-refractivity contribution in [2.24, 2.45) is 29.1 Å². The van der Waals surface area contributed by atoms with Crippen LogP contribution in [0.1, 0.15) is 65.7 Å². The molecular formula is C20H31BrO3. The SMILES string of the molecule is C[C@H](C[C@H]1COC(=O)[C@](C)(O)C1)[C@H]1CCC2/C(=C/Br)CCC[C@@]21C. The van der Waals surface area contributed by atoms with Crippen LogP contribution in [0.5, 0.6) is 0 Å². The predicted octanol–water partition coefficient (Wildman–Crippen LogP) is 4.82. The number of carbonyl (C=O) groups excluding carboxylic acids is 1. The highest BCUT2D eigenvalue weighted by molar-refractivity contribution is 9.11. The molecule has 1 unspecified atom stereocenters. The molecule has 3 rings (SSSR count). The summed E-state index contributed by atoms with van der Waals surface area (Å²) >= 11 is 3.59. The normalized spacial score (nSPS) is 45.8. The number of fused-ring (bicyclic) bond motifs is 1. The van der Waals surface area contributed by atoms with Crippen LogP contribution in [0.25, 0.3) is 0 Å². The summed E-state index contributed by atoms with van der Waals surface area (Å²) < 4.78 is 5.23. The van der Waals surface area contributed by atoms with Crippen LogP contribution in [-0.4, -0.2) is 23.3 Å². The van der Waals surface area contributed by atoms with Crippen molar-refractivity contribution in [3.63, 3.8) is 0 Å². The molecule has 0 aromatic heterocycles. The lowest BCUT2D eigenvalue weighted by molar-refractivity contribution is -0.177. The van der Waals surface area contributed by atoms with E-state index in [0.717, 1.165) is 18.3 Å². The first-order chi connectivity index (χ1) is 11.3. The van der Waals surface area contributed by atoms with Crippen LogP contribution in [0.4, 0.5) is 0 Å². The van der Waals surface area contributed by atoms with Gasteiger partial charge in [-0.25, -0.2) is 4.79 Å². The lowest BCUT2D eigenvalue weighted by Gasteiger charge is -2.45. The fraction of sp³-hybridized carbons (Fsp3) is 0.850. The highest BCUT2D eigenvalue weighted by atomic mass is 79.9. The summed E-state index contributed by atoms with van der Waals surface area (Å²) in [5.41, 5.74) is 0.708. The number of halogens is 1. The lowest BCUT2D eigenvalue weighted by Crippen LogP contribution is -2.45. The largest absolute Gasteiger partial charge is 0.463 e. The van der Waals surface area contributed by atoms with E-state index in [1.807, 2.05) is 0 Å². The molecule has 0 radical (unpaired) electrons. The number of carbonyl (C=O) groups is 1. The van der Waals surface area contributed by atoms with Crippen molar-refractivity contribution < 1.29 is 14.6 Å². The van der Waals surface area contributed by atoms with Crippen LogP contribution in [0.2, 0.25) is 0 Å². The van der Waals surface area contributed by atoms with Crippen LogP contribution >= 0.6 is 15.9 Å². The average Bonchev–Trinajstić information content (AvgIpc) is 2.87. The number of hydrogen-bond acceptors (Lipinski definition) is 3.